The average Bonchev–Trinajstić information content (AvgIpc) is 2.91. The van der Waals surface area contributed by atoms with Crippen molar-refractivity contribution >= 4 is 11.7 Å². The molecule has 0 radical (unpaired) electrons. The quantitative estimate of drug-likeness (QED) is 0.842. The maximum Gasteiger partial charge on any atom is 0.225 e. The van der Waals surface area contributed by atoms with Crippen molar-refractivity contribution in [3.05, 3.63) is 18.0 Å². The van der Waals surface area contributed by atoms with Gasteiger partial charge in [-0.05, 0) is 63.5 Å². The van der Waals surface area contributed by atoms with E-state index in [9.17, 15) is 4.79 Å². The van der Waals surface area contributed by atoms with E-state index in [0.29, 0.717) is 23.8 Å². The standard InChI is InChI=1S/C20H30N4O/c1-3-23-12-18-8-9-19(13-23)24(18)20-21-10-17(11-22-20)16-6-4-15(5-7-16)14(2)25/h10-11,15-16,18-19H,3-9,12-13H2,1-2H3. The van der Waals surface area contributed by atoms with Gasteiger partial charge in [-0.3, -0.25) is 9.69 Å². The molecule has 2 aliphatic heterocycles. The number of carbonyl (C=O) groups is 1. The molecule has 4 rings (SSSR count). The normalized spacial score (nSPS) is 32.8. The van der Waals surface area contributed by atoms with Gasteiger partial charge in [-0.15, -0.1) is 0 Å². The molecular weight excluding hydrogens is 312 g/mol. The van der Waals surface area contributed by atoms with Gasteiger partial charge in [0.2, 0.25) is 5.95 Å². The van der Waals surface area contributed by atoms with E-state index in [2.05, 4.69) is 16.7 Å². The van der Waals surface area contributed by atoms with Crippen molar-refractivity contribution in [3.63, 3.8) is 0 Å². The molecule has 0 amide bonds. The summed E-state index contributed by atoms with van der Waals surface area (Å²) in [6, 6.07) is 1.16. The largest absolute Gasteiger partial charge is 0.332 e. The lowest BCUT2D eigenvalue weighted by Crippen LogP contribution is -2.54. The van der Waals surface area contributed by atoms with Gasteiger partial charge in [0.1, 0.15) is 5.78 Å². The molecule has 0 N–H and O–H groups in total. The van der Waals surface area contributed by atoms with Gasteiger partial charge in [-0.25, -0.2) is 9.97 Å². The summed E-state index contributed by atoms with van der Waals surface area (Å²) in [6.07, 6.45) is 10.8. The molecule has 0 aromatic carbocycles. The van der Waals surface area contributed by atoms with E-state index in [4.69, 9.17) is 9.97 Å². The minimum absolute atomic E-state index is 0.280. The number of likely N-dealkylation sites (tertiary alicyclic amines) is 1. The molecule has 136 valence electrons. The monoisotopic (exact) mass is 342 g/mol. The summed E-state index contributed by atoms with van der Waals surface area (Å²) in [6.45, 7) is 7.42. The van der Waals surface area contributed by atoms with E-state index in [1.54, 1.807) is 6.92 Å². The van der Waals surface area contributed by atoms with Gasteiger partial charge in [-0.1, -0.05) is 6.92 Å². The molecule has 5 heteroatoms. The summed E-state index contributed by atoms with van der Waals surface area (Å²) in [5, 5.41) is 0. The first-order chi connectivity index (χ1) is 12.2. The van der Waals surface area contributed by atoms with Crippen LogP contribution in [0.15, 0.2) is 12.4 Å². The Balaban J connectivity index is 1.42. The molecule has 1 aromatic heterocycles. The fourth-order valence-electron chi connectivity index (χ4n) is 5.08. The van der Waals surface area contributed by atoms with E-state index in [0.717, 1.165) is 51.3 Å². The third kappa shape index (κ3) is 3.31. The topological polar surface area (TPSA) is 49.3 Å². The van der Waals surface area contributed by atoms with Crippen LogP contribution in [0.1, 0.15) is 63.9 Å². The molecule has 1 saturated carbocycles. The molecule has 3 aliphatic rings. The number of hydrogen-bond acceptors (Lipinski definition) is 5. The lowest BCUT2D eigenvalue weighted by Gasteiger charge is -2.40. The highest BCUT2D eigenvalue weighted by atomic mass is 16.1. The Labute approximate surface area is 150 Å². The van der Waals surface area contributed by atoms with Crippen LogP contribution in [0.5, 0.6) is 0 Å². The first kappa shape index (κ1) is 17.0. The molecular formula is C20H30N4O. The second-order valence-corrected chi connectivity index (χ2v) is 8.12. The Kier molecular flexibility index (Phi) is 4.76. The zero-order valence-electron chi connectivity index (χ0n) is 15.5. The predicted octanol–water partition coefficient (Wildman–Crippen LogP) is 3.01. The molecule has 1 aromatic rings. The number of hydrogen-bond donors (Lipinski definition) is 0. The molecule has 5 nitrogen and oxygen atoms in total. The SMILES string of the molecule is CCN1CC2CCC(C1)N2c1ncc(C2CCC(C(C)=O)CC2)cn1. The number of likely N-dealkylation sites (N-methyl/N-ethyl adjacent to an activating group) is 1. The Hall–Kier alpha value is -1.49. The number of nitrogens with zero attached hydrogens (tertiary/aromatic N) is 4. The molecule has 1 aliphatic carbocycles. The van der Waals surface area contributed by atoms with Crippen molar-refractivity contribution in [1.29, 1.82) is 0 Å². The first-order valence-electron chi connectivity index (χ1n) is 9.98. The van der Waals surface area contributed by atoms with E-state index in [1.165, 1.54) is 18.4 Å². The maximum absolute atomic E-state index is 11.5. The van der Waals surface area contributed by atoms with Gasteiger partial charge in [-0.2, -0.15) is 0 Å². The second-order valence-electron chi connectivity index (χ2n) is 8.12. The van der Waals surface area contributed by atoms with Crippen LogP contribution in [0.4, 0.5) is 5.95 Å². The van der Waals surface area contributed by atoms with E-state index in [1.807, 2.05) is 12.4 Å². The van der Waals surface area contributed by atoms with Gasteiger partial charge in [0, 0.05) is 43.5 Å². The zero-order chi connectivity index (χ0) is 17.4. The smallest absolute Gasteiger partial charge is 0.225 e. The number of Topliss-reactive ketones (excluding diaryl/α,β-unsaturated/α-hetero) is 1. The van der Waals surface area contributed by atoms with Crippen LogP contribution in [0, 0.1) is 5.92 Å². The zero-order valence-corrected chi connectivity index (χ0v) is 15.5. The Morgan fingerprint density at radius 3 is 2.16 bits per heavy atom. The highest BCUT2D eigenvalue weighted by molar-refractivity contribution is 5.78. The maximum atomic E-state index is 11.5. The number of fused-ring (bicyclic) bond motifs is 2. The molecule has 3 heterocycles. The van der Waals surface area contributed by atoms with Crippen molar-refractivity contribution in [2.45, 2.75) is 70.4 Å². The third-order valence-corrected chi connectivity index (χ3v) is 6.67. The van der Waals surface area contributed by atoms with Crippen LogP contribution in [-0.2, 0) is 4.79 Å². The van der Waals surface area contributed by atoms with Gasteiger partial charge < -0.3 is 4.90 Å². The van der Waals surface area contributed by atoms with Crippen LogP contribution in [0.25, 0.3) is 0 Å². The minimum Gasteiger partial charge on any atom is -0.332 e. The molecule has 3 fully saturated rings. The highest BCUT2D eigenvalue weighted by Crippen LogP contribution is 2.37. The van der Waals surface area contributed by atoms with Gasteiger partial charge in [0.25, 0.3) is 0 Å². The number of piperazine rings is 1. The second kappa shape index (κ2) is 7.02. The van der Waals surface area contributed by atoms with Crippen molar-refractivity contribution in [2.24, 2.45) is 5.92 Å². The van der Waals surface area contributed by atoms with E-state index >= 15 is 0 Å². The van der Waals surface area contributed by atoms with Crippen molar-refractivity contribution in [2.75, 3.05) is 24.5 Å². The Morgan fingerprint density at radius 1 is 1.04 bits per heavy atom. The summed E-state index contributed by atoms with van der Waals surface area (Å²) in [5.74, 6) is 2.08. The van der Waals surface area contributed by atoms with Gasteiger partial charge >= 0.3 is 0 Å². The van der Waals surface area contributed by atoms with Gasteiger partial charge in [0.05, 0.1) is 0 Å². The Morgan fingerprint density at radius 2 is 1.64 bits per heavy atom. The highest BCUT2D eigenvalue weighted by Gasteiger charge is 2.40. The summed E-state index contributed by atoms with van der Waals surface area (Å²) >= 11 is 0. The summed E-state index contributed by atoms with van der Waals surface area (Å²) < 4.78 is 0. The van der Waals surface area contributed by atoms with E-state index in [-0.39, 0.29) is 5.92 Å². The van der Waals surface area contributed by atoms with Gasteiger partial charge in [0.15, 0.2) is 0 Å². The summed E-state index contributed by atoms with van der Waals surface area (Å²) in [5.41, 5.74) is 1.25. The fourth-order valence-corrected chi connectivity index (χ4v) is 5.08. The summed E-state index contributed by atoms with van der Waals surface area (Å²) in [4.78, 5) is 26.1. The predicted molar refractivity (Wildman–Crippen MR) is 98.8 cm³/mol. The number of anilines is 1. The fraction of sp³-hybridized carbons (Fsp3) is 0.750. The molecule has 0 spiro atoms. The molecule has 2 bridgehead atoms. The molecule has 2 atom stereocenters. The lowest BCUT2D eigenvalue weighted by atomic mass is 9.78. The van der Waals surface area contributed by atoms with Crippen LogP contribution in [0.2, 0.25) is 0 Å². The van der Waals surface area contributed by atoms with Crippen molar-refractivity contribution < 1.29 is 4.79 Å². The number of aromatic nitrogens is 2. The third-order valence-electron chi connectivity index (χ3n) is 6.67. The van der Waals surface area contributed by atoms with Crippen molar-refractivity contribution in [1.82, 2.24) is 14.9 Å². The number of carbonyl (C=O) groups excluding carboxylic acids is 1. The van der Waals surface area contributed by atoms with E-state index < -0.39 is 0 Å². The molecule has 25 heavy (non-hydrogen) atoms. The Bertz CT molecular complexity index is 595. The first-order valence-corrected chi connectivity index (χ1v) is 9.98. The van der Waals surface area contributed by atoms with Crippen LogP contribution in [0.3, 0.4) is 0 Å². The minimum atomic E-state index is 0.280. The van der Waals surface area contributed by atoms with Crippen LogP contribution < -0.4 is 4.90 Å². The number of ketones is 1. The molecule has 2 saturated heterocycles. The molecule has 2 unspecified atom stereocenters. The van der Waals surface area contributed by atoms with Crippen molar-refractivity contribution in [3.8, 4) is 0 Å². The lowest BCUT2D eigenvalue weighted by molar-refractivity contribution is -0.121. The number of rotatable bonds is 4. The van der Waals surface area contributed by atoms with Crippen LogP contribution in [-0.4, -0.2) is 52.4 Å². The summed E-state index contributed by atoms with van der Waals surface area (Å²) in [7, 11) is 0. The average molecular weight is 342 g/mol. The van der Waals surface area contributed by atoms with Crippen LogP contribution >= 0.6 is 0 Å².